The van der Waals surface area contributed by atoms with E-state index in [1.165, 1.54) is 19.3 Å². The van der Waals surface area contributed by atoms with Crippen molar-refractivity contribution in [3.63, 3.8) is 0 Å². The first kappa shape index (κ1) is 17.7. The van der Waals surface area contributed by atoms with Crippen LogP contribution in [0, 0.1) is 6.92 Å². The molecule has 0 unspecified atom stereocenters. The first-order valence-electron chi connectivity index (χ1n) is 9.66. The Morgan fingerprint density at radius 2 is 1.93 bits per heavy atom. The fourth-order valence-corrected chi connectivity index (χ4v) is 3.78. The van der Waals surface area contributed by atoms with Crippen molar-refractivity contribution in [1.82, 2.24) is 14.5 Å². The van der Waals surface area contributed by atoms with Gasteiger partial charge >= 0.3 is 0 Å². The van der Waals surface area contributed by atoms with E-state index in [-0.39, 0.29) is 5.91 Å². The number of amides is 1. The Balaban J connectivity index is 1.54. The first-order chi connectivity index (χ1) is 13.1. The minimum atomic E-state index is -0.0949. The van der Waals surface area contributed by atoms with Crippen LogP contribution in [0.5, 0.6) is 0 Å². The molecule has 1 aromatic heterocycles. The van der Waals surface area contributed by atoms with Crippen molar-refractivity contribution in [2.75, 3.05) is 18.4 Å². The van der Waals surface area contributed by atoms with E-state index in [0.29, 0.717) is 5.56 Å². The lowest BCUT2D eigenvalue weighted by Gasteiger charge is -2.25. The summed E-state index contributed by atoms with van der Waals surface area (Å²) in [4.78, 5) is 19.8. The molecule has 1 saturated heterocycles. The Labute approximate surface area is 160 Å². The van der Waals surface area contributed by atoms with Gasteiger partial charge in [0.05, 0.1) is 17.6 Å². The van der Waals surface area contributed by atoms with E-state index in [1.54, 1.807) is 0 Å². The average molecular weight is 362 g/mol. The molecule has 5 nitrogen and oxygen atoms in total. The lowest BCUT2D eigenvalue weighted by atomic mass is 10.1. The Bertz CT molecular complexity index is 970. The Hall–Kier alpha value is -2.66. The van der Waals surface area contributed by atoms with E-state index < -0.39 is 0 Å². The van der Waals surface area contributed by atoms with Gasteiger partial charge in [0.25, 0.3) is 5.91 Å². The molecular formula is C22H26N4O. The normalized spacial score (nSPS) is 15.2. The zero-order valence-electron chi connectivity index (χ0n) is 16.0. The van der Waals surface area contributed by atoms with Crippen molar-refractivity contribution in [1.29, 1.82) is 0 Å². The van der Waals surface area contributed by atoms with Gasteiger partial charge in [0.1, 0.15) is 5.82 Å². The third kappa shape index (κ3) is 3.88. The van der Waals surface area contributed by atoms with Gasteiger partial charge in [-0.1, -0.05) is 24.1 Å². The summed E-state index contributed by atoms with van der Waals surface area (Å²) in [6, 6.07) is 13.6. The first-order valence-corrected chi connectivity index (χ1v) is 9.66. The number of anilines is 1. The maximum Gasteiger partial charge on any atom is 0.255 e. The molecule has 0 aliphatic carbocycles. The van der Waals surface area contributed by atoms with E-state index in [9.17, 15) is 4.79 Å². The number of likely N-dealkylation sites (tertiary alicyclic amines) is 1. The molecule has 2 aromatic carbocycles. The van der Waals surface area contributed by atoms with E-state index in [4.69, 9.17) is 4.98 Å². The minimum absolute atomic E-state index is 0.0949. The highest BCUT2D eigenvalue weighted by atomic mass is 16.1. The lowest BCUT2D eigenvalue weighted by Crippen LogP contribution is -2.30. The molecule has 0 bridgehead atoms. The fourth-order valence-electron chi connectivity index (χ4n) is 3.78. The molecule has 1 amide bonds. The Morgan fingerprint density at radius 1 is 1.11 bits per heavy atom. The predicted molar refractivity (Wildman–Crippen MR) is 109 cm³/mol. The van der Waals surface area contributed by atoms with Crippen LogP contribution in [0.2, 0.25) is 0 Å². The molecular weight excluding hydrogens is 336 g/mol. The second kappa shape index (κ2) is 7.53. The number of carbonyl (C=O) groups excluding carboxylic acids is 1. The Kier molecular flexibility index (Phi) is 4.94. The molecule has 27 heavy (non-hydrogen) atoms. The van der Waals surface area contributed by atoms with Crippen molar-refractivity contribution in [2.45, 2.75) is 32.7 Å². The number of nitrogens with one attached hydrogen (secondary N) is 1. The van der Waals surface area contributed by atoms with Crippen LogP contribution in [-0.2, 0) is 13.6 Å². The van der Waals surface area contributed by atoms with Gasteiger partial charge in [0.2, 0.25) is 0 Å². The maximum absolute atomic E-state index is 12.5. The quantitative estimate of drug-likeness (QED) is 0.759. The number of hydrogen-bond acceptors (Lipinski definition) is 3. The van der Waals surface area contributed by atoms with Crippen LogP contribution in [-0.4, -0.2) is 33.4 Å². The van der Waals surface area contributed by atoms with E-state index >= 15 is 0 Å². The number of benzene rings is 2. The monoisotopic (exact) mass is 362 g/mol. The second-order valence-corrected chi connectivity index (χ2v) is 7.45. The van der Waals surface area contributed by atoms with E-state index in [2.05, 4.69) is 21.8 Å². The second-order valence-electron chi connectivity index (χ2n) is 7.45. The number of aromatic nitrogens is 2. The van der Waals surface area contributed by atoms with Gasteiger partial charge in [-0.3, -0.25) is 9.69 Å². The standard InChI is InChI=1S/C22H26N4O/c1-16-7-6-8-17(13-16)22(27)23-18-9-10-20-19(14-18)24-21(25(20)2)15-26-11-4-3-5-12-26/h6-10,13-14H,3-5,11-12,15H2,1-2H3,(H,23,27). The molecule has 140 valence electrons. The molecule has 0 saturated carbocycles. The highest BCUT2D eigenvalue weighted by Gasteiger charge is 2.15. The number of piperidine rings is 1. The SMILES string of the molecule is Cc1cccc(C(=O)Nc2ccc3c(c2)nc(CN2CCCCC2)n3C)c1. The third-order valence-electron chi connectivity index (χ3n) is 5.33. The number of hydrogen-bond donors (Lipinski definition) is 1. The molecule has 4 rings (SSSR count). The zero-order valence-corrected chi connectivity index (χ0v) is 16.0. The van der Waals surface area contributed by atoms with E-state index in [1.807, 2.05) is 49.4 Å². The molecule has 1 N–H and O–H groups in total. The highest BCUT2D eigenvalue weighted by molar-refractivity contribution is 6.05. The summed E-state index contributed by atoms with van der Waals surface area (Å²) < 4.78 is 2.16. The molecule has 1 fully saturated rings. The molecule has 3 aromatic rings. The molecule has 0 atom stereocenters. The van der Waals surface area contributed by atoms with Gasteiger partial charge in [-0.15, -0.1) is 0 Å². The fraction of sp³-hybridized carbons (Fsp3) is 0.364. The molecule has 5 heteroatoms. The summed E-state index contributed by atoms with van der Waals surface area (Å²) in [6.45, 7) is 5.18. The minimum Gasteiger partial charge on any atom is -0.330 e. The third-order valence-corrected chi connectivity index (χ3v) is 5.33. The summed E-state index contributed by atoms with van der Waals surface area (Å²) in [7, 11) is 2.07. The van der Waals surface area contributed by atoms with Crippen LogP contribution in [0.4, 0.5) is 5.69 Å². The van der Waals surface area contributed by atoms with Crippen molar-refractivity contribution < 1.29 is 4.79 Å². The van der Waals surface area contributed by atoms with Crippen LogP contribution in [0.1, 0.15) is 41.0 Å². The van der Waals surface area contributed by atoms with Gasteiger partial charge in [0.15, 0.2) is 0 Å². The molecule has 1 aliphatic rings. The highest BCUT2D eigenvalue weighted by Crippen LogP contribution is 2.22. The van der Waals surface area contributed by atoms with Crippen molar-refractivity contribution in [3.05, 3.63) is 59.4 Å². The van der Waals surface area contributed by atoms with Crippen LogP contribution in [0.25, 0.3) is 11.0 Å². The summed E-state index contributed by atoms with van der Waals surface area (Å²) in [5.74, 6) is 0.983. The summed E-state index contributed by atoms with van der Waals surface area (Å²) in [5.41, 5.74) is 4.53. The van der Waals surface area contributed by atoms with Gasteiger partial charge in [0, 0.05) is 18.3 Å². The summed E-state index contributed by atoms with van der Waals surface area (Å²) in [6.07, 6.45) is 3.89. The number of aryl methyl sites for hydroxylation is 2. The largest absolute Gasteiger partial charge is 0.330 e. The van der Waals surface area contributed by atoms with E-state index in [0.717, 1.165) is 47.7 Å². The zero-order chi connectivity index (χ0) is 18.8. The number of imidazole rings is 1. The van der Waals surface area contributed by atoms with Gasteiger partial charge in [-0.05, 0) is 63.2 Å². The number of rotatable bonds is 4. The Morgan fingerprint density at radius 3 is 2.70 bits per heavy atom. The van der Waals surface area contributed by atoms with Gasteiger partial charge in [-0.25, -0.2) is 4.98 Å². The van der Waals surface area contributed by atoms with Gasteiger partial charge in [-0.2, -0.15) is 0 Å². The number of carbonyl (C=O) groups is 1. The van der Waals surface area contributed by atoms with Gasteiger partial charge < -0.3 is 9.88 Å². The van der Waals surface area contributed by atoms with Crippen molar-refractivity contribution in [3.8, 4) is 0 Å². The van der Waals surface area contributed by atoms with Crippen molar-refractivity contribution in [2.24, 2.45) is 7.05 Å². The molecule has 2 heterocycles. The maximum atomic E-state index is 12.5. The smallest absolute Gasteiger partial charge is 0.255 e. The predicted octanol–water partition coefficient (Wildman–Crippen LogP) is 4.12. The van der Waals surface area contributed by atoms with Crippen LogP contribution < -0.4 is 5.32 Å². The molecule has 0 spiro atoms. The number of nitrogens with zero attached hydrogens (tertiary/aromatic N) is 3. The topological polar surface area (TPSA) is 50.2 Å². The summed E-state index contributed by atoms with van der Waals surface area (Å²) in [5, 5.41) is 2.99. The van der Waals surface area contributed by atoms with Crippen molar-refractivity contribution >= 4 is 22.6 Å². The van der Waals surface area contributed by atoms with Crippen LogP contribution in [0.15, 0.2) is 42.5 Å². The van der Waals surface area contributed by atoms with Crippen LogP contribution in [0.3, 0.4) is 0 Å². The molecule has 0 radical (unpaired) electrons. The molecule has 1 aliphatic heterocycles. The summed E-state index contributed by atoms with van der Waals surface area (Å²) >= 11 is 0. The average Bonchev–Trinajstić information content (AvgIpc) is 2.97. The lowest BCUT2D eigenvalue weighted by molar-refractivity contribution is 0.102. The number of fused-ring (bicyclic) bond motifs is 1. The van der Waals surface area contributed by atoms with Crippen LogP contribution >= 0.6 is 0 Å².